The number of likely N-dealkylation sites (tertiary alicyclic amines) is 1. The third-order valence-electron chi connectivity index (χ3n) is 8.44. The third-order valence-corrected chi connectivity index (χ3v) is 9.85. The average Bonchev–Trinajstić information content (AvgIpc) is 3.64. The summed E-state index contributed by atoms with van der Waals surface area (Å²) in [5, 5.41) is 2.71. The number of hydrogen-bond donors (Lipinski definition) is 2. The number of rotatable bonds is 8. The lowest BCUT2D eigenvalue weighted by atomic mass is 9.85. The molecule has 2 N–H and O–H groups in total. The summed E-state index contributed by atoms with van der Waals surface area (Å²) in [5.74, 6) is -1.17. The molecule has 3 fully saturated rings. The Morgan fingerprint density at radius 2 is 1.55 bits per heavy atom. The van der Waals surface area contributed by atoms with Gasteiger partial charge in [-0.25, -0.2) is 8.42 Å². The van der Waals surface area contributed by atoms with E-state index in [1.54, 1.807) is 36.4 Å². The predicted octanol–water partition coefficient (Wildman–Crippen LogP) is 3.23. The first-order valence-electron chi connectivity index (χ1n) is 13.6. The van der Waals surface area contributed by atoms with Gasteiger partial charge < -0.3 is 15.0 Å². The molecular formula is C29H32N4O6S. The highest BCUT2D eigenvalue weighted by Gasteiger charge is 2.59. The standard InChI is InChI=1S/C29H32N4O6S/c1-39-22-10-7-20(8-11-22)31-40(37,38)24-16-21(9-12-23(24)32-13-3-2-4-14-32)30-25(34)17-33-28(35)26-18-5-6-19(15-18)27(26)29(33)36/h5-12,16,18-19,26-27,31H,2-4,13-15,17H2,1H3,(H,30,34)/t18-,19-,26+,27+/m0/s1. The summed E-state index contributed by atoms with van der Waals surface area (Å²) in [6.07, 6.45) is 7.84. The number of carbonyl (C=O) groups is 3. The van der Waals surface area contributed by atoms with E-state index in [0.717, 1.165) is 43.7 Å². The van der Waals surface area contributed by atoms with Gasteiger partial charge in [0.1, 0.15) is 17.2 Å². The number of methoxy groups -OCH3 is 1. The maximum absolute atomic E-state index is 13.6. The van der Waals surface area contributed by atoms with Crippen LogP contribution in [0.2, 0.25) is 0 Å². The first-order chi connectivity index (χ1) is 19.2. The number of anilines is 3. The molecule has 2 aromatic rings. The molecule has 0 spiro atoms. The Bertz CT molecular complexity index is 1450. The van der Waals surface area contributed by atoms with E-state index in [1.807, 2.05) is 17.1 Å². The van der Waals surface area contributed by atoms with Gasteiger partial charge >= 0.3 is 0 Å². The summed E-state index contributed by atoms with van der Waals surface area (Å²) in [4.78, 5) is 42.1. The molecule has 0 aromatic heterocycles. The second-order valence-electron chi connectivity index (χ2n) is 10.9. The van der Waals surface area contributed by atoms with E-state index in [0.29, 0.717) is 17.1 Å². The first kappa shape index (κ1) is 26.4. The fraction of sp³-hybridized carbons (Fsp3) is 0.414. The Morgan fingerprint density at radius 1 is 0.925 bits per heavy atom. The van der Waals surface area contributed by atoms with E-state index >= 15 is 0 Å². The molecule has 4 aliphatic rings. The minimum atomic E-state index is -4.04. The van der Waals surface area contributed by atoms with Crippen LogP contribution in [0.4, 0.5) is 17.1 Å². The van der Waals surface area contributed by atoms with Gasteiger partial charge in [-0.15, -0.1) is 0 Å². The van der Waals surface area contributed by atoms with Crippen molar-refractivity contribution in [3.05, 3.63) is 54.6 Å². The molecule has 4 atom stereocenters. The van der Waals surface area contributed by atoms with Gasteiger partial charge in [-0.2, -0.15) is 0 Å². The number of carbonyl (C=O) groups excluding carboxylic acids is 3. The number of piperidine rings is 1. The number of allylic oxidation sites excluding steroid dienone is 2. The highest BCUT2D eigenvalue weighted by Crippen LogP contribution is 2.52. The molecule has 40 heavy (non-hydrogen) atoms. The summed E-state index contributed by atoms with van der Waals surface area (Å²) in [6, 6.07) is 11.3. The number of fused-ring (bicyclic) bond motifs is 5. The third kappa shape index (κ3) is 4.72. The van der Waals surface area contributed by atoms with E-state index in [4.69, 9.17) is 4.74 Å². The predicted molar refractivity (Wildman–Crippen MR) is 149 cm³/mol. The highest BCUT2D eigenvalue weighted by molar-refractivity contribution is 7.92. The SMILES string of the molecule is COc1ccc(NS(=O)(=O)c2cc(NC(=O)CN3C(=O)[C@H]4[C@H](C3=O)[C@H]3C=C[C@H]4C3)ccc2N2CCCCC2)cc1. The van der Waals surface area contributed by atoms with Crippen LogP contribution in [-0.4, -0.2) is 57.8 Å². The molecule has 210 valence electrons. The second kappa shape index (κ2) is 10.3. The van der Waals surface area contributed by atoms with E-state index in [1.165, 1.54) is 13.2 Å². The van der Waals surface area contributed by atoms with Crippen LogP contribution < -0.4 is 19.7 Å². The van der Waals surface area contributed by atoms with Crippen LogP contribution in [0, 0.1) is 23.7 Å². The number of benzene rings is 2. The Labute approximate surface area is 233 Å². The Hall–Kier alpha value is -3.86. The number of ether oxygens (including phenoxy) is 1. The van der Waals surface area contributed by atoms with Crippen LogP contribution in [0.1, 0.15) is 25.7 Å². The molecule has 3 amide bonds. The highest BCUT2D eigenvalue weighted by atomic mass is 32.2. The topological polar surface area (TPSA) is 125 Å². The molecule has 0 unspecified atom stereocenters. The molecule has 2 aliphatic heterocycles. The molecule has 10 nitrogen and oxygen atoms in total. The van der Waals surface area contributed by atoms with E-state index in [-0.39, 0.29) is 46.1 Å². The van der Waals surface area contributed by atoms with Gasteiger partial charge in [-0.3, -0.25) is 24.0 Å². The smallest absolute Gasteiger partial charge is 0.264 e. The van der Waals surface area contributed by atoms with Gasteiger partial charge in [0.25, 0.3) is 10.0 Å². The van der Waals surface area contributed by atoms with Crippen LogP contribution in [0.5, 0.6) is 5.75 Å². The summed E-state index contributed by atoms with van der Waals surface area (Å²) in [5.41, 5.74) is 1.20. The largest absolute Gasteiger partial charge is 0.497 e. The van der Waals surface area contributed by atoms with Crippen LogP contribution in [0.3, 0.4) is 0 Å². The average molecular weight is 565 g/mol. The fourth-order valence-corrected chi connectivity index (χ4v) is 7.85. The zero-order chi connectivity index (χ0) is 28.0. The molecule has 2 heterocycles. The lowest BCUT2D eigenvalue weighted by Gasteiger charge is -2.30. The van der Waals surface area contributed by atoms with Gasteiger partial charge in [0.15, 0.2) is 0 Å². The van der Waals surface area contributed by atoms with Crippen molar-refractivity contribution in [2.75, 3.05) is 41.7 Å². The fourth-order valence-electron chi connectivity index (χ4n) is 6.54. The van der Waals surface area contributed by atoms with Crippen molar-refractivity contribution >= 4 is 44.8 Å². The van der Waals surface area contributed by atoms with Gasteiger partial charge in [0.2, 0.25) is 17.7 Å². The van der Waals surface area contributed by atoms with Gasteiger partial charge in [0.05, 0.1) is 24.6 Å². The summed E-state index contributed by atoms with van der Waals surface area (Å²) >= 11 is 0. The summed E-state index contributed by atoms with van der Waals surface area (Å²) in [6.45, 7) is 1.06. The van der Waals surface area contributed by atoms with Crippen LogP contribution in [0.15, 0.2) is 59.5 Å². The number of nitrogens with zero attached hydrogens (tertiary/aromatic N) is 2. The maximum atomic E-state index is 13.6. The number of sulfonamides is 1. The van der Waals surface area contributed by atoms with Crippen molar-refractivity contribution in [3.63, 3.8) is 0 Å². The van der Waals surface area contributed by atoms with Crippen molar-refractivity contribution < 1.29 is 27.5 Å². The maximum Gasteiger partial charge on any atom is 0.264 e. The zero-order valence-electron chi connectivity index (χ0n) is 22.2. The summed E-state index contributed by atoms with van der Waals surface area (Å²) < 4.78 is 35.0. The quantitative estimate of drug-likeness (QED) is 0.373. The molecule has 2 bridgehead atoms. The minimum absolute atomic E-state index is 0.0357. The van der Waals surface area contributed by atoms with Gasteiger partial charge in [-0.1, -0.05) is 12.2 Å². The number of amides is 3. The number of hydrogen-bond acceptors (Lipinski definition) is 7. The molecule has 0 radical (unpaired) electrons. The Balaban J connectivity index is 1.22. The molecule has 2 aromatic carbocycles. The van der Waals surface area contributed by atoms with E-state index in [2.05, 4.69) is 10.0 Å². The Morgan fingerprint density at radius 3 is 2.17 bits per heavy atom. The van der Waals surface area contributed by atoms with E-state index in [9.17, 15) is 22.8 Å². The van der Waals surface area contributed by atoms with Crippen molar-refractivity contribution in [2.24, 2.45) is 23.7 Å². The van der Waals surface area contributed by atoms with Crippen molar-refractivity contribution in [2.45, 2.75) is 30.6 Å². The number of imide groups is 1. The lowest BCUT2D eigenvalue weighted by Crippen LogP contribution is -2.39. The van der Waals surface area contributed by atoms with Crippen molar-refractivity contribution in [1.82, 2.24) is 4.90 Å². The second-order valence-corrected chi connectivity index (χ2v) is 12.5. The molecule has 1 saturated carbocycles. The van der Waals surface area contributed by atoms with Crippen LogP contribution >= 0.6 is 0 Å². The van der Waals surface area contributed by atoms with Gasteiger partial charge in [-0.05, 0) is 80.0 Å². The molecule has 2 aliphatic carbocycles. The molecule has 6 rings (SSSR count). The molecule has 2 saturated heterocycles. The van der Waals surface area contributed by atoms with Gasteiger partial charge in [0, 0.05) is 24.5 Å². The number of nitrogens with one attached hydrogen (secondary N) is 2. The zero-order valence-corrected chi connectivity index (χ0v) is 23.0. The monoisotopic (exact) mass is 564 g/mol. The van der Waals surface area contributed by atoms with Crippen molar-refractivity contribution in [1.29, 1.82) is 0 Å². The molecular weight excluding hydrogens is 532 g/mol. The van der Waals surface area contributed by atoms with Crippen LogP contribution in [0.25, 0.3) is 0 Å². The summed E-state index contributed by atoms with van der Waals surface area (Å²) in [7, 11) is -2.50. The normalized spacial score (nSPS) is 25.3. The van der Waals surface area contributed by atoms with Crippen molar-refractivity contribution in [3.8, 4) is 5.75 Å². The van der Waals surface area contributed by atoms with Crippen LogP contribution in [-0.2, 0) is 24.4 Å². The lowest BCUT2D eigenvalue weighted by molar-refractivity contribution is -0.143. The van der Waals surface area contributed by atoms with E-state index < -0.39 is 22.5 Å². The molecule has 11 heteroatoms. The minimum Gasteiger partial charge on any atom is -0.497 e. The first-order valence-corrected chi connectivity index (χ1v) is 15.1. The Kier molecular flexibility index (Phi) is 6.77.